The number of rotatable bonds is 3. The van der Waals surface area contributed by atoms with Crippen molar-refractivity contribution in [2.45, 2.75) is 0 Å². The second kappa shape index (κ2) is 4.88. The molecule has 5 nitrogen and oxygen atoms in total. The molecular formula is C12H14N2O3. The van der Waals surface area contributed by atoms with E-state index in [1.165, 1.54) is 0 Å². The highest BCUT2D eigenvalue weighted by atomic mass is 16.5. The first-order valence-corrected chi connectivity index (χ1v) is 5.28. The number of aliphatic imine (C=N–C) groups is 1. The van der Waals surface area contributed by atoms with E-state index >= 15 is 0 Å². The van der Waals surface area contributed by atoms with Crippen LogP contribution in [0.1, 0.15) is 5.69 Å². The fraction of sp³-hybridized carbons (Fsp3) is 0.250. The van der Waals surface area contributed by atoms with E-state index < -0.39 is 0 Å². The van der Waals surface area contributed by atoms with Crippen LogP contribution in [0.25, 0.3) is 10.9 Å². The van der Waals surface area contributed by atoms with Gasteiger partial charge in [0, 0.05) is 18.0 Å². The number of ether oxygens (including phenoxy) is 1. The van der Waals surface area contributed by atoms with E-state index in [2.05, 4.69) is 9.98 Å². The standard InChI is InChI=1S/C12H14N2O3/c1-13-12(17-7-6-15)10-11(16)8-4-2-3-5-9(8)14-10/h2-5,14-16H,6-7H2,1H3. The van der Waals surface area contributed by atoms with Crippen molar-refractivity contribution >= 4 is 16.8 Å². The summed E-state index contributed by atoms with van der Waals surface area (Å²) in [7, 11) is 1.57. The largest absolute Gasteiger partial charge is 0.505 e. The molecule has 0 spiro atoms. The normalized spacial score (nSPS) is 12.0. The van der Waals surface area contributed by atoms with Gasteiger partial charge in [-0.1, -0.05) is 12.1 Å². The van der Waals surface area contributed by atoms with Crippen LogP contribution < -0.4 is 0 Å². The van der Waals surface area contributed by atoms with Crippen molar-refractivity contribution in [2.75, 3.05) is 20.3 Å². The first kappa shape index (κ1) is 11.5. The summed E-state index contributed by atoms with van der Waals surface area (Å²) in [6.45, 7) is 0.0431. The number of nitrogens with one attached hydrogen (secondary N) is 1. The highest BCUT2D eigenvalue weighted by molar-refractivity contribution is 6.03. The molecule has 3 N–H and O–H groups in total. The first-order valence-electron chi connectivity index (χ1n) is 5.28. The average molecular weight is 234 g/mol. The quantitative estimate of drug-likeness (QED) is 0.552. The first-order chi connectivity index (χ1) is 8.27. The Morgan fingerprint density at radius 3 is 2.82 bits per heavy atom. The number of hydrogen-bond donors (Lipinski definition) is 3. The third-order valence-corrected chi connectivity index (χ3v) is 2.43. The molecule has 1 heterocycles. The van der Waals surface area contributed by atoms with Crippen LogP contribution in [0.2, 0.25) is 0 Å². The Morgan fingerprint density at radius 2 is 2.18 bits per heavy atom. The summed E-state index contributed by atoms with van der Waals surface area (Å²) in [6.07, 6.45) is 0. The van der Waals surface area contributed by atoms with Gasteiger partial charge in [-0.2, -0.15) is 0 Å². The molecule has 0 aliphatic rings. The van der Waals surface area contributed by atoms with Crippen molar-refractivity contribution in [3.63, 3.8) is 0 Å². The molecule has 0 unspecified atom stereocenters. The van der Waals surface area contributed by atoms with Gasteiger partial charge in [-0.25, -0.2) is 0 Å². The summed E-state index contributed by atoms with van der Waals surface area (Å²) < 4.78 is 5.25. The average Bonchev–Trinajstić information content (AvgIpc) is 2.69. The summed E-state index contributed by atoms with van der Waals surface area (Å²) in [6, 6.07) is 7.39. The summed E-state index contributed by atoms with van der Waals surface area (Å²) in [5.74, 6) is 0.395. The lowest BCUT2D eigenvalue weighted by Crippen LogP contribution is -2.10. The lowest BCUT2D eigenvalue weighted by Gasteiger charge is -2.05. The van der Waals surface area contributed by atoms with Gasteiger partial charge >= 0.3 is 0 Å². The minimum absolute atomic E-state index is 0.0972. The van der Waals surface area contributed by atoms with Crippen molar-refractivity contribution in [1.82, 2.24) is 4.98 Å². The lowest BCUT2D eigenvalue weighted by atomic mass is 10.2. The second-order valence-electron chi connectivity index (χ2n) is 3.50. The van der Waals surface area contributed by atoms with Gasteiger partial charge in [-0.05, 0) is 12.1 Å². The van der Waals surface area contributed by atoms with Gasteiger partial charge in [0.25, 0.3) is 0 Å². The number of H-pyrrole nitrogens is 1. The van der Waals surface area contributed by atoms with E-state index in [0.29, 0.717) is 5.69 Å². The summed E-state index contributed by atoms with van der Waals surface area (Å²) in [5, 5.41) is 19.5. The number of aliphatic hydroxyl groups excluding tert-OH is 1. The number of aromatic nitrogens is 1. The predicted octanol–water partition coefficient (Wildman–Crippen LogP) is 1.26. The molecule has 0 saturated heterocycles. The molecule has 0 amide bonds. The Morgan fingerprint density at radius 1 is 1.41 bits per heavy atom. The Hall–Kier alpha value is -2.01. The number of nitrogens with zero attached hydrogens (tertiary/aromatic N) is 1. The number of aliphatic hydroxyl groups is 1. The maximum atomic E-state index is 10.0. The van der Waals surface area contributed by atoms with Crippen LogP contribution in [0.3, 0.4) is 0 Å². The van der Waals surface area contributed by atoms with Gasteiger partial charge in [-0.3, -0.25) is 4.99 Å². The molecule has 0 radical (unpaired) electrons. The van der Waals surface area contributed by atoms with Crippen LogP contribution in [0.15, 0.2) is 29.3 Å². The van der Waals surface area contributed by atoms with E-state index in [1.54, 1.807) is 7.05 Å². The van der Waals surface area contributed by atoms with E-state index in [9.17, 15) is 5.11 Å². The van der Waals surface area contributed by atoms with Crippen LogP contribution in [0.5, 0.6) is 5.75 Å². The summed E-state index contributed by atoms with van der Waals surface area (Å²) in [5.41, 5.74) is 1.25. The molecule has 0 saturated carbocycles. The minimum Gasteiger partial charge on any atom is -0.505 e. The van der Waals surface area contributed by atoms with Gasteiger partial charge in [-0.15, -0.1) is 0 Å². The van der Waals surface area contributed by atoms with E-state index in [1.807, 2.05) is 24.3 Å². The molecule has 1 aromatic carbocycles. The third-order valence-electron chi connectivity index (χ3n) is 2.43. The van der Waals surface area contributed by atoms with Crippen LogP contribution >= 0.6 is 0 Å². The Bertz CT molecular complexity index is 546. The van der Waals surface area contributed by atoms with Crippen molar-refractivity contribution in [1.29, 1.82) is 0 Å². The SMILES string of the molecule is CN=C(OCCO)c1[nH]c2ccccc2c1O. The molecule has 2 aromatic rings. The number of aromatic hydroxyl groups is 1. The van der Waals surface area contributed by atoms with E-state index in [-0.39, 0.29) is 24.9 Å². The number of benzene rings is 1. The Balaban J connectivity index is 2.44. The molecule has 17 heavy (non-hydrogen) atoms. The van der Waals surface area contributed by atoms with Crippen molar-refractivity contribution < 1.29 is 14.9 Å². The third kappa shape index (κ3) is 2.09. The summed E-state index contributed by atoms with van der Waals surface area (Å²) >= 11 is 0. The van der Waals surface area contributed by atoms with Gasteiger partial charge in [0.05, 0.1) is 6.61 Å². The maximum absolute atomic E-state index is 10.0. The smallest absolute Gasteiger partial charge is 0.236 e. The molecule has 2 rings (SSSR count). The lowest BCUT2D eigenvalue weighted by molar-refractivity contribution is 0.193. The number of aromatic amines is 1. The van der Waals surface area contributed by atoms with Crippen LogP contribution in [-0.2, 0) is 4.74 Å². The highest BCUT2D eigenvalue weighted by Gasteiger charge is 2.15. The Kier molecular flexibility index (Phi) is 3.30. The zero-order valence-electron chi connectivity index (χ0n) is 9.47. The maximum Gasteiger partial charge on any atom is 0.236 e. The highest BCUT2D eigenvalue weighted by Crippen LogP contribution is 2.29. The van der Waals surface area contributed by atoms with E-state index in [4.69, 9.17) is 9.84 Å². The number of para-hydroxylation sites is 1. The van der Waals surface area contributed by atoms with Crippen molar-refractivity contribution in [3.8, 4) is 5.75 Å². The topological polar surface area (TPSA) is 77.8 Å². The molecule has 90 valence electrons. The molecule has 1 aromatic heterocycles. The molecule has 0 aliphatic heterocycles. The fourth-order valence-electron chi connectivity index (χ4n) is 1.67. The summed E-state index contributed by atoms with van der Waals surface area (Å²) in [4.78, 5) is 6.98. The van der Waals surface area contributed by atoms with Crippen LogP contribution in [-0.4, -0.2) is 41.4 Å². The van der Waals surface area contributed by atoms with Crippen molar-refractivity contribution in [2.24, 2.45) is 4.99 Å². The van der Waals surface area contributed by atoms with Gasteiger partial charge in [0.2, 0.25) is 5.90 Å². The van der Waals surface area contributed by atoms with Gasteiger partial charge < -0.3 is 19.9 Å². The zero-order valence-corrected chi connectivity index (χ0v) is 9.47. The van der Waals surface area contributed by atoms with Crippen LogP contribution in [0, 0.1) is 0 Å². The minimum atomic E-state index is -0.0972. The second-order valence-corrected chi connectivity index (χ2v) is 3.50. The van der Waals surface area contributed by atoms with Crippen LogP contribution in [0.4, 0.5) is 0 Å². The molecule has 0 aliphatic carbocycles. The molecule has 0 bridgehead atoms. The molecule has 0 fully saturated rings. The Labute approximate surface area is 98.4 Å². The van der Waals surface area contributed by atoms with E-state index in [0.717, 1.165) is 10.9 Å². The van der Waals surface area contributed by atoms with Crippen molar-refractivity contribution in [3.05, 3.63) is 30.0 Å². The predicted molar refractivity (Wildman–Crippen MR) is 65.5 cm³/mol. The monoisotopic (exact) mass is 234 g/mol. The van der Waals surface area contributed by atoms with Gasteiger partial charge in [0.1, 0.15) is 12.3 Å². The molecular weight excluding hydrogens is 220 g/mol. The zero-order chi connectivity index (χ0) is 12.3. The number of fused-ring (bicyclic) bond motifs is 1. The molecule has 5 heteroatoms. The fourth-order valence-corrected chi connectivity index (χ4v) is 1.67. The number of hydrogen-bond acceptors (Lipinski definition) is 4. The molecule has 0 atom stereocenters. The van der Waals surface area contributed by atoms with Gasteiger partial charge in [0.15, 0.2) is 5.75 Å².